The van der Waals surface area contributed by atoms with Gasteiger partial charge in [0.2, 0.25) is 0 Å². The Kier molecular flexibility index (Phi) is 4.58. The summed E-state index contributed by atoms with van der Waals surface area (Å²) in [5, 5.41) is 9.90. The third-order valence-corrected chi connectivity index (χ3v) is 5.44. The molecule has 0 radical (unpaired) electrons. The molecule has 5 heteroatoms. The van der Waals surface area contributed by atoms with Crippen molar-refractivity contribution in [3.8, 4) is 0 Å². The summed E-state index contributed by atoms with van der Waals surface area (Å²) >= 11 is 0. The van der Waals surface area contributed by atoms with Crippen LogP contribution in [0.3, 0.4) is 0 Å². The van der Waals surface area contributed by atoms with Crippen molar-refractivity contribution in [3.05, 3.63) is 30.1 Å². The van der Waals surface area contributed by atoms with Crippen molar-refractivity contribution < 1.29 is 17.9 Å². The molecule has 0 saturated heterocycles. The van der Waals surface area contributed by atoms with Gasteiger partial charge >= 0.3 is 0 Å². The maximum Gasteiger partial charge on any atom is 0.181 e. The van der Waals surface area contributed by atoms with Crippen LogP contribution in [0.1, 0.15) is 32.1 Å². The van der Waals surface area contributed by atoms with E-state index in [4.69, 9.17) is 0 Å². The predicted octanol–water partition coefficient (Wildman–Crippen LogP) is 2.54. The zero-order chi connectivity index (χ0) is 13.9. The van der Waals surface area contributed by atoms with Gasteiger partial charge in [-0.2, -0.15) is 0 Å². The Balaban J connectivity index is 2.00. The number of rotatable bonds is 5. The summed E-state index contributed by atoms with van der Waals surface area (Å²) in [7, 11) is -3.61. The molecule has 1 aliphatic carbocycles. The molecule has 1 fully saturated rings. The summed E-state index contributed by atoms with van der Waals surface area (Å²) in [5.74, 6) is -0.475. The molecule has 1 saturated carbocycles. The smallest absolute Gasteiger partial charge is 0.181 e. The number of halogens is 1. The number of benzene rings is 1. The first-order valence-corrected chi connectivity index (χ1v) is 8.29. The number of hydrogen-bond donors (Lipinski definition) is 1. The minimum atomic E-state index is -3.61. The van der Waals surface area contributed by atoms with Crippen LogP contribution in [0.25, 0.3) is 0 Å². The van der Waals surface area contributed by atoms with E-state index in [0.29, 0.717) is 12.3 Å². The zero-order valence-corrected chi connectivity index (χ0v) is 11.6. The maximum absolute atomic E-state index is 13.0. The molecule has 1 atom stereocenters. The summed E-state index contributed by atoms with van der Waals surface area (Å²) in [6.45, 7) is 0. The van der Waals surface area contributed by atoms with Gasteiger partial charge in [-0.25, -0.2) is 12.8 Å². The van der Waals surface area contributed by atoms with Gasteiger partial charge in [0.05, 0.1) is 16.8 Å². The van der Waals surface area contributed by atoms with E-state index < -0.39 is 21.8 Å². The number of sulfone groups is 1. The second kappa shape index (κ2) is 6.01. The summed E-state index contributed by atoms with van der Waals surface area (Å²) < 4.78 is 37.1. The molecule has 106 valence electrons. The maximum atomic E-state index is 13.0. The first-order valence-electron chi connectivity index (χ1n) is 6.64. The molecule has 0 bridgehead atoms. The van der Waals surface area contributed by atoms with Crippen molar-refractivity contribution in [1.29, 1.82) is 0 Å². The molecule has 1 N–H and O–H groups in total. The molecule has 1 unspecified atom stereocenters. The van der Waals surface area contributed by atoms with Crippen LogP contribution >= 0.6 is 0 Å². The number of aliphatic hydroxyl groups is 1. The van der Waals surface area contributed by atoms with Gasteiger partial charge in [0.25, 0.3) is 0 Å². The molecule has 3 nitrogen and oxygen atoms in total. The number of aliphatic hydroxyl groups excluding tert-OH is 1. The van der Waals surface area contributed by atoms with E-state index in [0.717, 1.165) is 31.7 Å². The van der Waals surface area contributed by atoms with Crippen molar-refractivity contribution in [2.75, 3.05) is 5.75 Å². The lowest BCUT2D eigenvalue weighted by Gasteiger charge is -2.15. The van der Waals surface area contributed by atoms with Gasteiger partial charge in [0, 0.05) is 0 Å². The van der Waals surface area contributed by atoms with Crippen molar-refractivity contribution >= 4 is 9.84 Å². The highest BCUT2D eigenvalue weighted by atomic mass is 32.2. The molecule has 2 rings (SSSR count). The van der Waals surface area contributed by atoms with Crippen molar-refractivity contribution in [2.45, 2.75) is 43.1 Å². The topological polar surface area (TPSA) is 54.4 Å². The highest BCUT2D eigenvalue weighted by molar-refractivity contribution is 7.91. The largest absolute Gasteiger partial charge is 0.392 e. The third-order valence-electron chi connectivity index (χ3n) is 3.65. The molecule has 0 heterocycles. The second-order valence-electron chi connectivity index (χ2n) is 5.28. The molecule has 1 aromatic rings. The molecular weight excluding hydrogens is 267 g/mol. The normalized spacial score (nSPS) is 18.6. The van der Waals surface area contributed by atoms with E-state index in [2.05, 4.69) is 0 Å². The Bertz CT molecular complexity index is 521. The summed E-state index contributed by atoms with van der Waals surface area (Å²) in [5.41, 5.74) is 0. The Morgan fingerprint density at radius 3 is 2.63 bits per heavy atom. The van der Waals surface area contributed by atoms with Crippen LogP contribution < -0.4 is 0 Å². The van der Waals surface area contributed by atoms with E-state index >= 15 is 0 Å². The van der Waals surface area contributed by atoms with Crippen LogP contribution in [0.2, 0.25) is 0 Å². The quantitative estimate of drug-likeness (QED) is 0.905. The Morgan fingerprint density at radius 1 is 1.32 bits per heavy atom. The fourth-order valence-corrected chi connectivity index (χ4v) is 4.12. The molecule has 19 heavy (non-hydrogen) atoms. The third kappa shape index (κ3) is 4.01. The molecule has 1 aromatic carbocycles. The van der Waals surface area contributed by atoms with Gasteiger partial charge in [0.1, 0.15) is 5.82 Å². The lowest BCUT2D eigenvalue weighted by atomic mass is 10.0. The van der Waals surface area contributed by atoms with Crippen LogP contribution in [-0.4, -0.2) is 25.4 Å². The molecule has 1 aliphatic rings. The average molecular weight is 286 g/mol. The monoisotopic (exact) mass is 286 g/mol. The van der Waals surface area contributed by atoms with Gasteiger partial charge in [0.15, 0.2) is 9.84 Å². The van der Waals surface area contributed by atoms with E-state index in [-0.39, 0.29) is 10.6 Å². The Morgan fingerprint density at radius 2 is 2.00 bits per heavy atom. The molecule has 0 aromatic heterocycles. The van der Waals surface area contributed by atoms with Crippen molar-refractivity contribution in [3.63, 3.8) is 0 Å². The summed E-state index contributed by atoms with van der Waals surface area (Å²) in [6.07, 6.45) is 4.11. The zero-order valence-electron chi connectivity index (χ0n) is 10.8. The summed E-state index contributed by atoms with van der Waals surface area (Å²) in [6, 6.07) is 4.93. The van der Waals surface area contributed by atoms with Gasteiger partial charge in [-0.1, -0.05) is 31.7 Å². The minimum absolute atomic E-state index is 0.0574. The molecule has 0 spiro atoms. The molecule has 0 amide bonds. The second-order valence-corrected chi connectivity index (χ2v) is 7.31. The summed E-state index contributed by atoms with van der Waals surface area (Å²) in [4.78, 5) is -0.0574. The van der Waals surface area contributed by atoms with E-state index in [1.807, 2.05) is 0 Å². The lowest BCUT2D eigenvalue weighted by Crippen LogP contribution is -2.23. The fraction of sp³-hybridized carbons (Fsp3) is 0.571. The lowest BCUT2D eigenvalue weighted by molar-refractivity contribution is 0.164. The van der Waals surface area contributed by atoms with E-state index in [9.17, 15) is 17.9 Å². The first-order chi connectivity index (χ1) is 8.97. The first kappa shape index (κ1) is 14.5. The molecular formula is C14H19FO3S. The van der Waals surface area contributed by atoms with Gasteiger partial charge in [-0.15, -0.1) is 0 Å². The Labute approximate surface area is 113 Å². The standard InChI is InChI=1S/C14H19FO3S/c15-12-6-3-7-14(9-12)19(17,18)10-13(16)8-11-4-1-2-5-11/h3,6-7,9,11,13,16H,1-2,4-5,8,10H2. The van der Waals surface area contributed by atoms with Crippen LogP contribution in [-0.2, 0) is 9.84 Å². The van der Waals surface area contributed by atoms with Gasteiger partial charge < -0.3 is 5.11 Å². The number of hydrogen-bond acceptors (Lipinski definition) is 3. The van der Waals surface area contributed by atoms with Gasteiger partial charge in [-0.3, -0.25) is 0 Å². The van der Waals surface area contributed by atoms with Crippen molar-refractivity contribution in [1.82, 2.24) is 0 Å². The van der Waals surface area contributed by atoms with Crippen LogP contribution in [0.15, 0.2) is 29.2 Å². The fourth-order valence-electron chi connectivity index (χ4n) is 2.71. The van der Waals surface area contributed by atoms with Crippen LogP contribution in [0, 0.1) is 11.7 Å². The highest BCUT2D eigenvalue weighted by Gasteiger charge is 2.24. The highest BCUT2D eigenvalue weighted by Crippen LogP contribution is 2.29. The van der Waals surface area contributed by atoms with Crippen molar-refractivity contribution in [2.24, 2.45) is 5.92 Å². The van der Waals surface area contributed by atoms with E-state index in [1.165, 1.54) is 18.2 Å². The predicted molar refractivity (Wildman–Crippen MR) is 71.0 cm³/mol. The SMILES string of the molecule is O=S(=O)(CC(O)CC1CCCC1)c1cccc(F)c1. The van der Waals surface area contributed by atoms with Crippen LogP contribution in [0.5, 0.6) is 0 Å². The van der Waals surface area contributed by atoms with Gasteiger partial charge in [-0.05, 0) is 30.5 Å². The minimum Gasteiger partial charge on any atom is -0.392 e. The Hall–Kier alpha value is -0.940. The van der Waals surface area contributed by atoms with Crippen LogP contribution in [0.4, 0.5) is 4.39 Å². The van der Waals surface area contributed by atoms with E-state index in [1.54, 1.807) is 0 Å². The average Bonchev–Trinajstić information content (AvgIpc) is 2.81. The molecule has 0 aliphatic heterocycles.